The van der Waals surface area contributed by atoms with Crippen molar-refractivity contribution in [1.29, 1.82) is 0 Å². The predicted molar refractivity (Wildman–Crippen MR) is 120 cm³/mol. The molecule has 0 atom stereocenters. The van der Waals surface area contributed by atoms with Gasteiger partial charge in [0.15, 0.2) is 5.96 Å². The maximum atomic E-state index is 5.74. The summed E-state index contributed by atoms with van der Waals surface area (Å²) in [5, 5.41) is 3.46. The minimum Gasteiger partial charge on any atom is -0.379 e. The van der Waals surface area contributed by atoms with Gasteiger partial charge in [0, 0.05) is 66.5 Å². The molecule has 1 aromatic carbocycles. The molecule has 2 fully saturated rings. The largest absolute Gasteiger partial charge is 0.379 e. The standard InChI is InChI=1S/C23H39N5O/c1-4-27-11-13-28(14-12-27)18-21-7-5-20(6-8-21)17-25-23(24-2)26(3)15-16-29-19-22-9-10-22/h5-8,22H,4,9-19H2,1-3H3,(H,24,25). The van der Waals surface area contributed by atoms with E-state index in [1.807, 2.05) is 7.05 Å². The molecule has 162 valence electrons. The van der Waals surface area contributed by atoms with Crippen LogP contribution in [0.5, 0.6) is 0 Å². The van der Waals surface area contributed by atoms with Crippen molar-refractivity contribution in [2.45, 2.75) is 32.9 Å². The molecule has 0 aromatic heterocycles. The summed E-state index contributed by atoms with van der Waals surface area (Å²) in [6.07, 6.45) is 2.68. The number of piperazine rings is 1. The number of nitrogens with zero attached hydrogens (tertiary/aromatic N) is 4. The van der Waals surface area contributed by atoms with Crippen molar-refractivity contribution in [3.8, 4) is 0 Å². The average Bonchev–Trinajstić information content (AvgIpc) is 3.58. The molecule has 1 aliphatic heterocycles. The van der Waals surface area contributed by atoms with Gasteiger partial charge in [-0.3, -0.25) is 9.89 Å². The van der Waals surface area contributed by atoms with Gasteiger partial charge in [-0.25, -0.2) is 0 Å². The minimum atomic E-state index is 0.759. The van der Waals surface area contributed by atoms with Crippen LogP contribution in [-0.4, -0.2) is 87.2 Å². The molecule has 29 heavy (non-hydrogen) atoms. The van der Waals surface area contributed by atoms with Gasteiger partial charge in [0.05, 0.1) is 6.61 Å². The van der Waals surface area contributed by atoms with Crippen LogP contribution in [0.15, 0.2) is 29.3 Å². The lowest BCUT2D eigenvalue weighted by molar-refractivity contribution is 0.115. The van der Waals surface area contributed by atoms with Gasteiger partial charge < -0.3 is 19.9 Å². The number of hydrogen-bond donors (Lipinski definition) is 1. The summed E-state index contributed by atoms with van der Waals surface area (Å²) in [5.41, 5.74) is 2.68. The number of ether oxygens (including phenoxy) is 1. The molecule has 6 heteroatoms. The summed E-state index contributed by atoms with van der Waals surface area (Å²) >= 11 is 0. The Balaban J connectivity index is 1.36. The highest BCUT2D eigenvalue weighted by Gasteiger charge is 2.21. The van der Waals surface area contributed by atoms with E-state index in [4.69, 9.17) is 4.74 Å². The Morgan fingerprint density at radius 3 is 2.38 bits per heavy atom. The third kappa shape index (κ3) is 7.61. The Hall–Kier alpha value is -1.63. The minimum absolute atomic E-state index is 0.759. The van der Waals surface area contributed by atoms with E-state index in [0.717, 1.165) is 44.7 Å². The first-order valence-corrected chi connectivity index (χ1v) is 11.2. The van der Waals surface area contributed by atoms with Crippen molar-refractivity contribution in [3.05, 3.63) is 35.4 Å². The van der Waals surface area contributed by atoms with Crippen molar-refractivity contribution in [2.24, 2.45) is 10.9 Å². The molecule has 3 rings (SSSR count). The lowest BCUT2D eigenvalue weighted by Gasteiger charge is -2.34. The first-order valence-electron chi connectivity index (χ1n) is 11.2. The Morgan fingerprint density at radius 2 is 1.76 bits per heavy atom. The van der Waals surface area contributed by atoms with Gasteiger partial charge >= 0.3 is 0 Å². The SMILES string of the molecule is CCN1CCN(Cc2ccc(CNC(=NC)N(C)CCOCC3CC3)cc2)CC1. The van der Waals surface area contributed by atoms with Crippen LogP contribution in [0.2, 0.25) is 0 Å². The van der Waals surface area contributed by atoms with Gasteiger partial charge in [0.25, 0.3) is 0 Å². The zero-order valence-corrected chi connectivity index (χ0v) is 18.6. The first kappa shape index (κ1) is 22.1. The van der Waals surface area contributed by atoms with Crippen LogP contribution in [0.25, 0.3) is 0 Å². The van der Waals surface area contributed by atoms with Crippen LogP contribution in [0, 0.1) is 5.92 Å². The summed E-state index contributed by atoms with van der Waals surface area (Å²) in [4.78, 5) is 11.6. The Bertz CT molecular complexity index is 621. The zero-order valence-electron chi connectivity index (χ0n) is 18.6. The number of nitrogens with one attached hydrogen (secondary N) is 1. The first-order chi connectivity index (χ1) is 14.2. The third-order valence-electron chi connectivity index (χ3n) is 5.99. The normalized spacial score (nSPS) is 18.8. The molecule has 1 saturated carbocycles. The van der Waals surface area contributed by atoms with Gasteiger partial charge in [0.2, 0.25) is 0 Å². The van der Waals surface area contributed by atoms with Gasteiger partial charge in [-0.1, -0.05) is 31.2 Å². The van der Waals surface area contributed by atoms with Gasteiger partial charge in [-0.15, -0.1) is 0 Å². The Morgan fingerprint density at radius 1 is 1.10 bits per heavy atom. The van der Waals surface area contributed by atoms with Crippen molar-refractivity contribution >= 4 is 5.96 Å². The quantitative estimate of drug-likeness (QED) is 0.370. The Kier molecular flexibility index (Phi) is 8.77. The number of benzene rings is 1. The predicted octanol–water partition coefficient (Wildman–Crippen LogP) is 2.26. The molecule has 1 N–H and O–H groups in total. The summed E-state index contributed by atoms with van der Waals surface area (Å²) in [7, 11) is 3.91. The fourth-order valence-electron chi connectivity index (χ4n) is 3.69. The number of aliphatic imine (C=N–C) groups is 1. The number of rotatable bonds is 10. The second kappa shape index (κ2) is 11.5. The zero-order chi connectivity index (χ0) is 20.5. The molecule has 0 spiro atoms. The molecule has 0 unspecified atom stereocenters. The van der Waals surface area contributed by atoms with Crippen LogP contribution >= 0.6 is 0 Å². The molecule has 0 bridgehead atoms. The second-order valence-electron chi connectivity index (χ2n) is 8.37. The van der Waals surface area contributed by atoms with Gasteiger partial charge in [-0.05, 0) is 36.4 Å². The fourth-order valence-corrected chi connectivity index (χ4v) is 3.69. The monoisotopic (exact) mass is 401 g/mol. The smallest absolute Gasteiger partial charge is 0.193 e. The lowest BCUT2D eigenvalue weighted by Crippen LogP contribution is -2.45. The second-order valence-corrected chi connectivity index (χ2v) is 8.37. The van der Waals surface area contributed by atoms with Crippen molar-refractivity contribution in [3.63, 3.8) is 0 Å². The Labute approximate surface area is 176 Å². The molecule has 6 nitrogen and oxygen atoms in total. The van der Waals surface area contributed by atoms with Crippen LogP contribution in [0.1, 0.15) is 30.9 Å². The van der Waals surface area contributed by atoms with E-state index in [1.54, 1.807) is 0 Å². The van der Waals surface area contributed by atoms with E-state index in [0.29, 0.717) is 0 Å². The summed E-state index contributed by atoms with van der Waals surface area (Å²) in [6, 6.07) is 9.00. The van der Waals surface area contributed by atoms with E-state index in [1.165, 1.54) is 56.7 Å². The number of likely N-dealkylation sites (N-methyl/N-ethyl adjacent to an activating group) is 2. The molecule has 1 aliphatic carbocycles. The van der Waals surface area contributed by atoms with E-state index < -0.39 is 0 Å². The molecule has 1 aromatic rings. The molecule has 2 aliphatic rings. The summed E-state index contributed by atoms with van der Waals surface area (Å²) in [5.74, 6) is 1.74. The van der Waals surface area contributed by atoms with E-state index in [2.05, 4.69) is 63.2 Å². The molecular formula is C23H39N5O. The third-order valence-corrected chi connectivity index (χ3v) is 5.99. The van der Waals surface area contributed by atoms with Gasteiger partial charge in [-0.2, -0.15) is 0 Å². The van der Waals surface area contributed by atoms with Crippen LogP contribution in [0.3, 0.4) is 0 Å². The molecule has 0 radical (unpaired) electrons. The highest BCUT2D eigenvalue weighted by molar-refractivity contribution is 5.79. The highest BCUT2D eigenvalue weighted by Crippen LogP contribution is 2.28. The maximum Gasteiger partial charge on any atom is 0.193 e. The fraction of sp³-hybridized carbons (Fsp3) is 0.696. The van der Waals surface area contributed by atoms with E-state index >= 15 is 0 Å². The lowest BCUT2D eigenvalue weighted by atomic mass is 10.1. The summed E-state index contributed by atoms with van der Waals surface area (Å²) in [6.45, 7) is 12.5. The van der Waals surface area contributed by atoms with Crippen molar-refractivity contribution in [1.82, 2.24) is 20.0 Å². The number of hydrogen-bond acceptors (Lipinski definition) is 4. The molecule has 1 heterocycles. The van der Waals surface area contributed by atoms with Crippen molar-refractivity contribution < 1.29 is 4.74 Å². The van der Waals surface area contributed by atoms with Crippen LogP contribution in [-0.2, 0) is 17.8 Å². The van der Waals surface area contributed by atoms with Gasteiger partial charge in [0.1, 0.15) is 0 Å². The van der Waals surface area contributed by atoms with Crippen LogP contribution in [0.4, 0.5) is 0 Å². The summed E-state index contributed by atoms with van der Waals surface area (Å²) < 4.78 is 5.74. The van der Waals surface area contributed by atoms with E-state index in [9.17, 15) is 0 Å². The van der Waals surface area contributed by atoms with Crippen molar-refractivity contribution in [2.75, 3.05) is 66.6 Å². The molecule has 1 saturated heterocycles. The van der Waals surface area contributed by atoms with E-state index in [-0.39, 0.29) is 0 Å². The topological polar surface area (TPSA) is 43.3 Å². The maximum absolute atomic E-state index is 5.74. The molecular weight excluding hydrogens is 362 g/mol. The van der Waals surface area contributed by atoms with Crippen LogP contribution < -0.4 is 5.32 Å². The molecule has 0 amide bonds. The number of guanidine groups is 1. The average molecular weight is 402 g/mol. The highest BCUT2D eigenvalue weighted by atomic mass is 16.5.